The van der Waals surface area contributed by atoms with Crippen molar-refractivity contribution in [2.45, 2.75) is 0 Å². The Balaban J connectivity index is 2.93. The SMILES string of the molecule is CNc1cc(C(=O)OC)ccn1. The van der Waals surface area contributed by atoms with Gasteiger partial charge in [-0.15, -0.1) is 0 Å². The number of esters is 1. The number of carbonyl (C=O) groups excluding carboxylic acids is 1. The lowest BCUT2D eigenvalue weighted by molar-refractivity contribution is 0.0600. The van der Waals surface area contributed by atoms with E-state index in [9.17, 15) is 4.79 Å². The van der Waals surface area contributed by atoms with Gasteiger partial charge in [0.05, 0.1) is 12.7 Å². The van der Waals surface area contributed by atoms with E-state index in [1.807, 2.05) is 0 Å². The fourth-order valence-electron chi connectivity index (χ4n) is 0.812. The average Bonchev–Trinajstić information content (AvgIpc) is 2.17. The molecular weight excluding hydrogens is 156 g/mol. The van der Waals surface area contributed by atoms with Gasteiger partial charge in [0.25, 0.3) is 0 Å². The number of nitrogens with zero attached hydrogens (tertiary/aromatic N) is 1. The van der Waals surface area contributed by atoms with Gasteiger partial charge in [-0.2, -0.15) is 0 Å². The van der Waals surface area contributed by atoms with E-state index in [0.29, 0.717) is 11.4 Å². The van der Waals surface area contributed by atoms with E-state index in [1.54, 1.807) is 25.4 Å². The highest BCUT2D eigenvalue weighted by Gasteiger charge is 2.04. The maximum atomic E-state index is 11.0. The molecule has 4 nitrogen and oxygen atoms in total. The largest absolute Gasteiger partial charge is 0.465 e. The zero-order valence-corrected chi connectivity index (χ0v) is 7.00. The van der Waals surface area contributed by atoms with Gasteiger partial charge in [0.15, 0.2) is 0 Å². The maximum Gasteiger partial charge on any atom is 0.338 e. The molecule has 0 unspecified atom stereocenters. The van der Waals surface area contributed by atoms with Crippen molar-refractivity contribution in [3.63, 3.8) is 0 Å². The minimum Gasteiger partial charge on any atom is -0.465 e. The number of rotatable bonds is 2. The number of methoxy groups -OCH3 is 1. The standard InChI is InChI=1S/C8H10N2O2/c1-9-7-5-6(3-4-10-7)8(11)12-2/h3-5H,1-2H3,(H,9,10). The topological polar surface area (TPSA) is 51.2 Å². The molecule has 12 heavy (non-hydrogen) atoms. The summed E-state index contributed by atoms with van der Waals surface area (Å²) in [5.74, 6) is 0.298. The summed E-state index contributed by atoms with van der Waals surface area (Å²) in [6.45, 7) is 0. The third-order valence-corrected chi connectivity index (χ3v) is 1.44. The van der Waals surface area contributed by atoms with Crippen LogP contribution in [0.5, 0.6) is 0 Å². The minimum atomic E-state index is -0.353. The summed E-state index contributed by atoms with van der Waals surface area (Å²) in [4.78, 5) is 15.0. The van der Waals surface area contributed by atoms with Crippen molar-refractivity contribution in [2.24, 2.45) is 0 Å². The highest BCUT2D eigenvalue weighted by Crippen LogP contribution is 2.06. The lowest BCUT2D eigenvalue weighted by Crippen LogP contribution is -2.02. The first-order valence-electron chi connectivity index (χ1n) is 3.50. The fourth-order valence-corrected chi connectivity index (χ4v) is 0.812. The zero-order valence-electron chi connectivity index (χ0n) is 7.00. The van der Waals surface area contributed by atoms with Gasteiger partial charge in [0.2, 0.25) is 0 Å². The number of nitrogens with one attached hydrogen (secondary N) is 1. The molecule has 0 radical (unpaired) electrons. The Hall–Kier alpha value is -1.58. The second kappa shape index (κ2) is 3.71. The van der Waals surface area contributed by atoms with Crippen molar-refractivity contribution in [1.29, 1.82) is 0 Å². The van der Waals surface area contributed by atoms with Crippen LogP contribution in [-0.4, -0.2) is 25.1 Å². The summed E-state index contributed by atoms with van der Waals surface area (Å²) in [6.07, 6.45) is 1.55. The Morgan fingerprint density at radius 2 is 2.42 bits per heavy atom. The lowest BCUT2D eigenvalue weighted by atomic mass is 10.2. The van der Waals surface area contributed by atoms with Crippen molar-refractivity contribution < 1.29 is 9.53 Å². The van der Waals surface area contributed by atoms with Crippen LogP contribution >= 0.6 is 0 Å². The lowest BCUT2D eigenvalue weighted by Gasteiger charge is -2.01. The molecule has 1 aromatic heterocycles. The van der Waals surface area contributed by atoms with Crippen LogP contribution in [0.25, 0.3) is 0 Å². The predicted molar refractivity (Wildman–Crippen MR) is 45.1 cm³/mol. The minimum absolute atomic E-state index is 0.353. The number of pyridine rings is 1. The number of hydrogen-bond acceptors (Lipinski definition) is 4. The van der Waals surface area contributed by atoms with E-state index in [0.717, 1.165) is 0 Å². The quantitative estimate of drug-likeness (QED) is 0.663. The van der Waals surface area contributed by atoms with Crippen LogP contribution in [0.15, 0.2) is 18.3 Å². The van der Waals surface area contributed by atoms with Crippen molar-refractivity contribution in [2.75, 3.05) is 19.5 Å². The van der Waals surface area contributed by atoms with Crippen molar-refractivity contribution in [3.05, 3.63) is 23.9 Å². The molecule has 0 bridgehead atoms. The van der Waals surface area contributed by atoms with Crippen LogP contribution in [0.1, 0.15) is 10.4 Å². The number of hydrogen-bond donors (Lipinski definition) is 1. The molecule has 0 aromatic carbocycles. The third kappa shape index (κ3) is 1.72. The summed E-state index contributed by atoms with van der Waals surface area (Å²) < 4.78 is 4.54. The van der Waals surface area contributed by atoms with Gasteiger partial charge in [-0.1, -0.05) is 0 Å². The molecule has 0 amide bonds. The molecule has 0 saturated carbocycles. The monoisotopic (exact) mass is 166 g/mol. The molecule has 1 aromatic rings. The highest BCUT2D eigenvalue weighted by molar-refractivity contribution is 5.89. The third-order valence-electron chi connectivity index (χ3n) is 1.44. The predicted octanol–water partition coefficient (Wildman–Crippen LogP) is 0.910. The molecule has 0 saturated heterocycles. The number of aromatic nitrogens is 1. The van der Waals surface area contributed by atoms with Crippen molar-refractivity contribution in [1.82, 2.24) is 4.98 Å². The first-order valence-corrected chi connectivity index (χ1v) is 3.50. The van der Waals surface area contributed by atoms with Gasteiger partial charge >= 0.3 is 5.97 Å². The molecule has 0 aliphatic rings. The van der Waals surface area contributed by atoms with Gasteiger partial charge in [0, 0.05) is 13.2 Å². The molecule has 0 spiro atoms. The molecule has 1 rings (SSSR count). The van der Waals surface area contributed by atoms with Gasteiger partial charge in [-0.25, -0.2) is 9.78 Å². The summed E-state index contributed by atoms with van der Waals surface area (Å²) >= 11 is 0. The van der Waals surface area contributed by atoms with E-state index in [1.165, 1.54) is 7.11 Å². The molecular formula is C8H10N2O2. The average molecular weight is 166 g/mol. The second-order valence-electron chi connectivity index (χ2n) is 2.17. The van der Waals surface area contributed by atoms with Crippen molar-refractivity contribution in [3.8, 4) is 0 Å². The zero-order chi connectivity index (χ0) is 8.97. The van der Waals surface area contributed by atoms with E-state index in [-0.39, 0.29) is 5.97 Å². The van der Waals surface area contributed by atoms with Crippen LogP contribution in [0.4, 0.5) is 5.82 Å². The molecule has 0 atom stereocenters. The first kappa shape index (κ1) is 8.52. The van der Waals surface area contributed by atoms with Crippen LogP contribution < -0.4 is 5.32 Å². The van der Waals surface area contributed by atoms with Crippen molar-refractivity contribution >= 4 is 11.8 Å². The van der Waals surface area contributed by atoms with E-state index >= 15 is 0 Å². The number of anilines is 1. The molecule has 0 fully saturated rings. The molecule has 0 aliphatic carbocycles. The molecule has 1 heterocycles. The van der Waals surface area contributed by atoms with E-state index in [4.69, 9.17) is 0 Å². The van der Waals surface area contributed by atoms with Gasteiger partial charge in [-0.3, -0.25) is 0 Å². The first-order chi connectivity index (χ1) is 5.77. The summed E-state index contributed by atoms with van der Waals surface area (Å²) in [7, 11) is 3.09. The number of ether oxygens (including phenoxy) is 1. The van der Waals surface area contributed by atoms with Crippen LogP contribution in [-0.2, 0) is 4.74 Å². The second-order valence-corrected chi connectivity index (χ2v) is 2.17. The Kier molecular flexibility index (Phi) is 2.63. The molecule has 1 N–H and O–H groups in total. The normalized spacial score (nSPS) is 9.17. The molecule has 4 heteroatoms. The van der Waals surface area contributed by atoms with Crippen LogP contribution in [0.2, 0.25) is 0 Å². The Morgan fingerprint density at radius 3 is 3.00 bits per heavy atom. The van der Waals surface area contributed by atoms with E-state index in [2.05, 4.69) is 15.0 Å². The van der Waals surface area contributed by atoms with E-state index < -0.39 is 0 Å². The maximum absolute atomic E-state index is 11.0. The van der Waals surface area contributed by atoms with Gasteiger partial charge in [0.1, 0.15) is 5.82 Å². The summed E-state index contributed by atoms with van der Waals surface area (Å²) in [6, 6.07) is 3.23. The summed E-state index contributed by atoms with van der Waals surface area (Å²) in [5.41, 5.74) is 0.497. The van der Waals surface area contributed by atoms with Gasteiger partial charge in [-0.05, 0) is 12.1 Å². The Labute approximate surface area is 70.6 Å². The Bertz CT molecular complexity index is 286. The van der Waals surface area contributed by atoms with Crippen LogP contribution in [0.3, 0.4) is 0 Å². The smallest absolute Gasteiger partial charge is 0.338 e. The Morgan fingerprint density at radius 1 is 1.67 bits per heavy atom. The summed E-state index contributed by atoms with van der Waals surface area (Å²) in [5, 5.41) is 2.83. The molecule has 64 valence electrons. The van der Waals surface area contributed by atoms with Gasteiger partial charge < -0.3 is 10.1 Å². The highest BCUT2D eigenvalue weighted by atomic mass is 16.5. The van der Waals surface area contributed by atoms with Crippen LogP contribution in [0, 0.1) is 0 Å². The number of carbonyl (C=O) groups is 1. The molecule has 0 aliphatic heterocycles. The fraction of sp³-hybridized carbons (Fsp3) is 0.250.